The molecule has 0 aliphatic carbocycles. The van der Waals surface area contributed by atoms with Crippen LogP contribution in [0.2, 0.25) is 0 Å². The summed E-state index contributed by atoms with van der Waals surface area (Å²) >= 11 is 1.37. The Hall–Kier alpha value is -1.73. The molecule has 1 aromatic carbocycles. The highest BCUT2D eigenvalue weighted by Crippen LogP contribution is 2.31. The molecule has 0 radical (unpaired) electrons. The minimum atomic E-state index is 0.556. The molecular formula is C11H8N2OS. The number of nitriles is 1. The van der Waals surface area contributed by atoms with Crippen LogP contribution in [-0.2, 0) is 0 Å². The normalized spacial score (nSPS) is 9.87. The van der Waals surface area contributed by atoms with Crippen LogP contribution in [0.25, 0.3) is 0 Å². The molecule has 0 aliphatic heterocycles. The molecule has 0 unspecified atom stereocenters. The Morgan fingerprint density at radius 1 is 1.47 bits per heavy atom. The van der Waals surface area contributed by atoms with E-state index in [9.17, 15) is 0 Å². The van der Waals surface area contributed by atoms with Crippen LogP contribution in [0.15, 0.2) is 45.2 Å². The molecule has 74 valence electrons. The van der Waals surface area contributed by atoms with E-state index in [0.717, 1.165) is 10.5 Å². The van der Waals surface area contributed by atoms with Crippen molar-refractivity contribution < 1.29 is 4.42 Å². The zero-order chi connectivity index (χ0) is 10.7. The predicted molar refractivity (Wildman–Crippen MR) is 56.5 cm³/mol. The number of hydrogen-bond donors (Lipinski definition) is 0. The number of oxazole rings is 1. The van der Waals surface area contributed by atoms with Gasteiger partial charge in [-0.1, -0.05) is 12.1 Å². The van der Waals surface area contributed by atoms with Gasteiger partial charge in [0.05, 0.1) is 11.8 Å². The Bertz CT molecular complexity index is 500. The molecule has 15 heavy (non-hydrogen) atoms. The van der Waals surface area contributed by atoms with Crippen molar-refractivity contribution >= 4 is 11.8 Å². The zero-order valence-corrected chi connectivity index (χ0v) is 8.91. The van der Waals surface area contributed by atoms with Gasteiger partial charge in [-0.2, -0.15) is 5.26 Å². The maximum Gasteiger partial charge on any atom is 0.260 e. The molecule has 0 amide bonds. The third-order valence-corrected chi connectivity index (χ3v) is 3.05. The monoisotopic (exact) mass is 216 g/mol. The molecule has 4 heteroatoms. The summed E-state index contributed by atoms with van der Waals surface area (Å²) in [5.41, 5.74) is 1.70. The molecule has 2 rings (SSSR count). The highest BCUT2D eigenvalue weighted by atomic mass is 32.2. The number of hydrogen-bond acceptors (Lipinski definition) is 4. The molecule has 1 heterocycles. The third kappa shape index (κ3) is 2.03. The van der Waals surface area contributed by atoms with E-state index in [4.69, 9.17) is 9.68 Å². The maximum atomic E-state index is 8.96. The van der Waals surface area contributed by atoms with Gasteiger partial charge in [0.25, 0.3) is 5.22 Å². The van der Waals surface area contributed by atoms with E-state index in [0.29, 0.717) is 10.8 Å². The van der Waals surface area contributed by atoms with Crippen molar-refractivity contribution in [2.45, 2.75) is 17.0 Å². The summed E-state index contributed by atoms with van der Waals surface area (Å²) in [5.74, 6) is 0. The van der Waals surface area contributed by atoms with Gasteiger partial charge in [0.1, 0.15) is 12.3 Å². The van der Waals surface area contributed by atoms with E-state index in [1.807, 2.05) is 19.1 Å². The van der Waals surface area contributed by atoms with Crippen molar-refractivity contribution in [3.05, 3.63) is 41.8 Å². The maximum absolute atomic E-state index is 8.96. The summed E-state index contributed by atoms with van der Waals surface area (Å²) in [6.45, 7) is 1.96. The SMILES string of the molecule is Cc1cccc(C#N)c1Sc1ncco1. The van der Waals surface area contributed by atoms with Gasteiger partial charge in [0.2, 0.25) is 0 Å². The van der Waals surface area contributed by atoms with E-state index in [1.165, 1.54) is 18.0 Å². The summed E-state index contributed by atoms with van der Waals surface area (Å²) in [5, 5.41) is 9.51. The Morgan fingerprint density at radius 2 is 2.33 bits per heavy atom. The van der Waals surface area contributed by atoms with Crippen molar-refractivity contribution in [2.75, 3.05) is 0 Å². The zero-order valence-electron chi connectivity index (χ0n) is 8.10. The fourth-order valence-electron chi connectivity index (χ4n) is 1.22. The first kappa shape index (κ1) is 9.81. The van der Waals surface area contributed by atoms with Crippen molar-refractivity contribution in [1.29, 1.82) is 5.26 Å². The first-order valence-corrected chi connectivity index (χ1v) is 5.20. The van der Waals surface area contributed by atoms with E-state index < -0.39 is 0 Å². The van der Waals surface area contributed by atoms with Crippen molar-refractivity contribution in [3.63, 3.8) is 0 Å². The smallest absolute Gasteiger partial charge is 0.260 e. The lowest BCUT2D eigenvalue weighted by Gasteiger charge is -2.03. The standard InChI is InChI=1S/C11H8N2OS/c1-8-3-2-4-9(7-12)10(8)15-11-13-5-6-14-11/h2-6H,1H3. The average molecular weight is 216 g/mol. The largest absolute Gasteiger partial charge is 0.440 e. The molecule has 0 aliphatic rings. The molecule has 0 saturated heterocycles. The number of nitrogens with zero attached hydrogens (tertiary/aromatic N) is 2. The molecule has 0 fully saturated rings. The second-order valence-corrected chi connectivity index (χ2v) is 3.93. The summed E-state index contributed by atoms with van der Waals surface area (Å²) in [7, 11) is 0. The predicted octanol–water partition coefficient (Wildman–Crippen LogP) is 3.01. The minimum Gasteiger partial charge on any atom is -0.440 e. The lowest BCUT2D eigenvalue weighted by atomic mass is 10.1. The van der Waals surface area contributed by atoms with Crippen LogP contribution in [0.4, 0.5) is 0 Å². The molecule has 0 N–H and O–H groups in total. The van der Waals surface area contributed by atoms with Crippen molar-refractivity contribution in [3.8, 4) is 6.07 Å². The quantitative estimate of drug-likeness (QED) is 0.774. The van der Waals surface area contributed by atoms with E-state index in [-0.39, 0.29) is 0 Å². The fourth-order valence-corrected chi connectivity index (χ4v) is 2.07. The van der Waals surface area contributed by atoms with Gasteiger partial charge in [-0.05, 0) is 30.3 Å². The van der Waals surface area contributed by atoms with Crippen LogP contribution in [0.5, 0.6) is 0 Å². The molecule has 3 nitrogen and oxygen atoms in total. The van der Waals surface area contributed by atoms with Crippen LogP contribution in [0.1, 0.15) is 11.1 Å². The van der Waals surface area contributed by atoms with Crippen LogP contribution >= 0.6 is 11.8 Å². The molecule has 0 spiro atoms. The van der Waals surface area contributed by atoms with Crippen LogP contribution in [-0.4, -0.2) is 4.98 Å². The highest BCUT2D eigenvalue weighted by molar-refractivity contribution is 7.99. The lowest BCUT2D eigenvalue weighted by Crippen LogP contribution is -1.85. The molecule has 0 bridgehead atoms. The minimum absolute atomic E-state index is 0.556. The van der Waals surface area contributed by atoms with Gasteiger partial charge >= 0.3 is 0 Å². The molecular weight excluding hydrogens is 208 g/mol. The second-order valence-electron chi connectivity index (χ2n) is 2.96. The van der Waals surface area contributed by atoms with E-state index in [1.54, 1.807) is 12.3 Å². The summed E-state index contributed by atoms with van der Waals surface area (Å²) in [6.07, 6.45) is 3.11. The van der Waals surface area contributed by atoms with E-state index in [2.05, 4.69) is 11.1 Å². The summed E-state index contributed by atoms with van der Waals surface area (Å²) in [4.78, 5) is 4.92. The number of aromatic nitrogens is 1. The van der Waals surface area contributed by atoms with Gasteiger partial charge in [-0.25, -0.2) is 4.98 Å². The molecule has 0 atom stereocenters. The number of benzene rings is 1. The van der Waals surface area contributed by atoms with Gasteiger partial charge in [-0.15, -0.1) is 0 Å². The highest BCUT2D eigenvalue weighted by Gasteiger charge is 2.09. The fraction of sp³-hybridized carbons (Fsp3) is 0.0909. The molecule has 0 saturated carbocycles. The first-order valence-electron chi connectivity index (χ1n) is 4.38. The third-order valence-electron chi connectivity index (χ3n) is 1.93. The Kier molecular flexibility index (Phi) is 2.75. The van der Waals surface area contributed by atoms with Gasteiger partial charge in [-0.3, -0.25) is 0 Å². The van der Waals surface area contributed by atoms with Crippen molar-refractivity contribution in [2.24, 2.45) is 0 Å². The molecule has 2 aromatic rings. The van der Waals surface area contributed by atoms with Crippen LogP contribution < -0.4 is 0 Å². The second kappa shape index (κ2) is 4.20. The average Bonchev–Trinajstić information content (AvgIpc) is 2.74. The topological polar surface area (TPSA) is 49.8 Å². The summed E-state index contributed by atoms with van der Waals surface area (Å²) < 4.78 is 5.13. The summed E-state index contributed by atoms with van der Waals surface area (Å²) in [6, 6.07) is 7.78. The van der Waals surface area contributed by atoms with Gasteiger partial charge in [0, 0.05) is 4.90 Å². The lowest BCUT2D eigenvalue weighted by molar-refractivity contribution is 0.454. The number of aryl methyl sites for hydroxylation is 1. The Labute approximate surface area is 91.7 Å². The Morgan fingerprint density at radius 3 is 3.00 bits per heavy atom. The first-order chi connectivity index (χ1) is 7.31. The van der Waals surface area contributed by atoms with Crippen LogP contribution in [0.3, 0.4) is 0 Å². The van der Waals surface area contributed by atoms with Gasteiger partial charge in [0.15, 0.2) is 0 Å². The van der Waals surface area contributed by atoms with Crippen LogP contribution in [0, 0.1) is 18.3 Å². The van der Waals surface area contributed by atoms with Gasteiger partial charge < -0.3 is 4.42 Å². The Balaban J connectivity index is 2.40. The van der Waals surface area contributed by atoms with Crippen molar-refractivity contribution in [1.82, 2.24) is 4.98 Å². The molecule has 1 aromatic heterocycles. The van der Waals surface area contributed by atoms with E-state index >= 15 is 0 Å². The number of rotatable bonds is 2.